The lowest BCUT2D eigenvalue weighted by Crippen LogP contribution is -2.13. The Bertz CT molecular complexity index is 481. The average molecular weight is 177 g/mol. The van der Waals surface area contributed by atoms with Crippen molar-refractivity contribution in [3.63, 3.8) is 0 Å². The van der Waals surface area contributed by atoms with Crippen molar-refractivity contribution in [2.75, 3.05) is 0 Å². The fourth-order valence-electron chi connectivity index (χ4n) is 1.34. The normalized spacial score (nSPS) is 11.3. The number of rotatable bonds is 1. The Morgan fingerprint density at radius 1 is 1.46 bits per heavy atom. The SMILES string of the molecule is CC(C)c1cc2[nH]cnc2[nH]c1=O. The monoisotopic (exact) mass is 177 g/mol. The van der Waals surface area contributed by atoms with Gasteiger partial charge in [0.1, 0.15) is 0 Å². The summed E-state index contributed by atoms with van der Waals surface area (Å²) in [6.07, 6.45) is 1.57. The van der Waals surface area contributed by atoms with Crippen LogP contribution in [0.1, 0.15) is 25.3 Å². The molecule has 0 amide bonds. The smallest absolute Gasteiger partial charge is 0.253 e. The molecule has 0 bridgehead atoms. The van der Waals surface area contributed by atoms with Crippen molar-refractivity contribution in [3.05, 3.63) is 28.3 Å². The molecule has 2 N–H and O–H groups in total. The summed E-state index contributed by atoms with van der Waals surface area (Å²) in [6.45, 7) is 3.99. The van der Waals surface area contributed by atoms with Crippen molar-refractivity contribution >= 4 is 11.2 Å². The molecule has 2 heterocycles. The van der Waals surface area contributed by atoms with Crippen LogP contribution in [0.15, 0.2) is 17.2 Å². The highest BCUT2D eigenvalue weighted by Crippen LogP contribution is 2.12. The van der Waals surface area contributed by atoms with E-state index in [-0.39, 0.29) is 11.5 Å². The zero-order valence-electron chi connectivity index (χ0n) is 7.59. The van der Waals surface area contributed by atoms with Gasteiger partial charge in [0, 0.05) is 5.56 Å². The molecule has 0 atom stereocenters. The van der Waals surface area contributed by atoms with E-state index in [2.05, 4.69) is 15.0 Å². The van der Waals surface area contributed by atoms with Gasteiger partial charge in [-0.1, -0.05) is 13.8 Å². The molecule has 0 radical (unpaired) electrons. The van der Waals surface area contributed by atoms with Crippen LogP contribution in [-0.4, -0.2) is 15.0 Å². The maximum absolute atomic E-state index is 11.5. The molecule has 0 saturated carbocycles. The third kappa shape index (κ3) is 1.24. The van der Waals surface area contributed by atoms with Crippen LogP contribution in [-0.2, 0) is 0 Å². The minimum atomic E-state index is -0.0467. The van der Waals surface area contributed by atoms with Crippen LogP contribution in [0.2, 0.25) is 0 Å². The van der Waals surface area contributed by atoms with Gasteiger partial charge in [0.15, 0.2) is 5.65 Å². The Hall–Kier alpha value is -1.58. The van der Waals surface area contributed by atoms with E-state index in [0.717, 1.165) is 11.1 Å². The minimum absolute atomic E-state index is 0.0467. The third-order valence-corrected chi connectivity index (χ3v) is 2.08. The topological polar surface area (TPSA) is 61.5 Å². The zero-order valence-corrected chi connectivity index (χ0v) is 7.59. The first-order valence-corrected chi connectivity index (χ1v) is 4.25. The summed E-state index contributed by atoms with van der Waals surface area (Å²) in [7, 11) is 0. The third-order valence-electron chi connectivity index (χ3n) is 2.08. The van der Waals surface area contributed by atoms with Crippen molar-refractivity contribution in [1.29, 1.82) is 0 Å². The fourth-order valence-corrected chi connectivity index (χ4v) is 1.34. The van der Waals surface area contributed by atoms with Crippen LogP contribution < -0.4 is 5.56 Å². The van der Waals surface area contributed by atoms with E-state index in [0.29, 0.717) is 5.65 Å². The van der Waals surface area contributed by atoms with E-state index in [1.807, 2.05) is 19.9 Å². The zero-order chi connectivity index (χ0) is 9.42. The molecule has 0 unspecified atom stereocenters. The summed E-state index contributed by atoms with van der Waals surface area (Å²) >= 11 is 0. The van der Waals surface area contributed by atoms with E-state index in [1.54, 1.807) is 6.33 Å². The second kappa shape index (κ2) is 2.73. The first-order valence-electron chi connectivity index (χ1n) is 4.25. The Morgan fingerprint density at radius 3 is 2.92 bits per heavy atom. The number of nitrogens with one attached hydrogen (secondary N) is 2. The van der Waals surface area contributed by atoms with Gasteiger partial charge in [0.05, 0.1) is 11.8 Å². The van der Waals surface area contributed by atoms with Crippen molar-refractivity contribution in [2.45, 2.75) is 19.8 Å². The van der Waals surface area contributed by atoms with Crippen LogP contribution in [0.4, 0.5) is 0 Å². The highest BCUT2D eigenvalue weighted by Gasteiger charge is 2.07. The molecular weight excluding hydrogens is 166 g/mol. The Labute approximate surface area is 75.0 Å². The van der Waals surface area contributed by atoms with Crippen LogP contribution in [0, 0.1) is 0 Å². The van der Waals surface area contributed by atoms with Crippen LogP contribution in [0.25, 0.3) is 11.2 Å². The predicted molar refractivity (Wildman–Crippen MR) is 50.8 cm³/mol. The van der Waals surface area contributed by atoms with Crippen LogP contribution >= 0.6 is 0 Å². The number of hydrogen-bond donors (Lipinski definition) is 2. The van der Waals surface area contributed by atoms with Gasteiger partial charge in [-0.15, -0.1) is 0 Å². The molecule has 4 heteroatoms. The summed E-state index contributed by atoms with van der Waals surface area (Å²) < 4.78 is 0. The summed E-state index contributed by atoms with van der Waals surface area (Å²) in [5.41, 5.74) is 2.24. The second-order valence-electron chi connectivity index (χ2n) is 3.37. The summed E-state index contributed by atoms with van der Waals surface area (Å²) in [5, 5.41) is 0. The van der Waals surface area contributed by atoms with E-state index in [9.17, 15) is 4.79 Å². The maximum Gasteiger partial charge on any atom is 0.253 e. The number of H-pyrrole nitrogens is 2. The van der Waals surface area contributed by atoms with E-state index >= 15 is 0 Å². The Kier molecular flexibility index (Phi) is 1.69. The maximum atomic E-state index is 11.5. The van der Waals surface area contributed by atoms with Gasteiger partial charge >= 0.3 is 0 Å². The predicted octanol–water partition coefficient (Wildman–Crippen LogP) is 1.37. The fraction of sp³-hybridized carbons (Fsp3) is 0.333. The lowest BCUT2D eigenvalue weighted by Gasteiger charge is -2.02. The highest BCUT2D eigenvalue weighted by molar-refractivity contribution is 5.70. The van der Waals surface area contributed by atoms with Crippen LogP contribution in [0.5, 0.6) is 0 Å². The van der Waals surface area contributed by atoms with Gasteiger partial charge in [-0.2, -0.15) is 0 Å². The number of imidazole rings is 1. The molecule has 0 saturated heterocycles. The molecule has 0 aliphatic rings. The minimum Gasteiger partial charge on any atom is -0.343 e. The average Bonchev–Trinajstić information content (AvgIpc) is 2.48. The molecule has 2 aromatic rings. The molecule has 0 fully saturated rings. The molecular formula is C9H11N3O. The second-order valence-corrected chi connectivity index (χ2v) is 3.37. The first-order chi connectivity index (χ1) is 6.18. The van der Waals surface area contributed by atoms with E-state index in [4.69, 9.17) is 0 Å². The summed E-state index contributed by atoms with van der Waals surface area (Å²) in [6, 6.07) is 1.85. The van der Waals surface area contributed by atoms with Gasteiger partial charge in [-0.3, -0.25) is 4.79 Å². The van der Waals surface area contributed by atoms with Gasteiger partial charge in [0.25, 0.3) is 5.56 Å². The number of aromatic nitrogens is 3. The first kappa shape index (κ1) is 8.04. The van der Waals surface area contributed by atoms with Gasteiger partial charge in [-0.05, 0) is 12.0 Å². The quantitative estimate of drug-likeness (QED) is 0.691. The van der Waals surface area contributed by atoms with Crippen LogP contribution in [0.3, 0.4) is 0 Å². The molecule has 68 valence electrons. The van der Waals surface area contributed by atoms with Gasteiger partial charge < -0.3 is 9.97 Å². The Balaban J connectivity index is 2.77. The molecule has 0 spiro atoms. The van der Waals surface area contributed by atoms with Gasteiger partial charge in [-0.25, -0.2) is 4.98 Å². The number of pyridine rings is 1. The molecule has 4 nitrogen and oxygen atoms in total. The number of nitrogens with zero attached hydrogens (tertiary/aromatic N) is 1. The lowest BCUT2D eigenvalue weighted by molar-refractivity contribution is 0.848. The molecule has 2 aromatic heterocycles. The molecule has 0 aromatic carbocycles. The van der Waals surface area contributed by atoms with Gasteiger partial charge in [0.2, 0.25) is 0 Å². The summed E-state index contributed by atoms with van der Waals surface area (Å²) in [4.78, 5) is 21.1. The lowest BCUT2D eigenvalue weighted by atomic mass is 10.1. The van der Waals surface area contributed by atoms with Crippen molar-refractivity contribution < 1.29 is 0 Å². The highest BCUT2D eigenvalue weighted by atomic mass is 16.1. The molecule has 2 rings (SSSR count). The number of aromatic amines is 2. The van der Waals surface area contributed by atoms with Crippen molar-refractivity contribution in [2.24, 2.45) is 0 Å². The largest absolute Gasteiger partial charge is 0.343 e. The molecule has 0 aliphatic carbocycles. The number of hydrogen-bond acceptors (Lipinski definition) is 2. The van der Waals surface area contributed by atoms with E-state index in [1.165, 1.54) is 0 Å². The standard InChI is InChI=1S/C9H11N3O/c1-5(2)6-3-7-8(11-4-10-7)12-9(6)13/h3-5H,1-2H3,(H2,10,11,12,13). The number of fused-ring (bicyclic) bond motifs is 1. The van der Waals surface area contributed by atoms with Crippen molar-refractivity contribution in [1.82, 2.24) is 15.0 Å². The summed E-state index contributed by atoms with van der Waals surface area (Å²) in [5.74, 6) is 0.233. The van der Waals surface area contributed by atoms with E-state index < -0.39 is 0 Å². The van der Waals surface area contributed by atoms with Crippen molar-refractivity contribution in [3.8, 4) is 0 Å². The molecule has 13 heavy (non-hydrogen) atoms. The molecule has 0 aliphatic heterocycles. The Morgan fingerprint density at radius 2 is 2.23 bits per heavy atom.